The highest BCUT2D eigenvalue weighted by molar-refractivity contribution is 5.96. The van der Waals surface area contributed by atoms with Gasteiger partial charge in [0.05, 0.1) is 4.92 Å². The van der Waals surface area contributed by atoms with Gasteiger partial charge in [-0.25, -0.2) is 0 Å². The first-order chi connectivity index (χ1) is 14.1. The molecule has 0 radical (unpaired) electrons. The molecule has 1 amide bonds. The number of carbonyl (C=O) groups excluding carboxylic acids is 1. The van der Waals surface area contributed by atoms with Crippen LogP contribution in [0, 0.1) is 10.1 Å². The zero-order valence-corrected chi connectivity index (χ0v) is 16.5. The molecule has 152 valence electrons. The first-order valence-electron chi connectivity index (χ1n) is 10.3. The Balaban J connectivity index is 1.47. The van der Waals surface area contributed by atoms with Gasteiger partial charge < -0.3 is 14.7 Å². The van der Waals surface area contributed by atoms with E-state index in [1.165, 1.54) is 6.07 Å². The van der Waals surface area contributed by atoms with Crippen LogP contribution < -0.4 is 9.80 Å². The third kappa shape index (κ3) is 4.18. The van der Waals surface area contributed by atoms with Crippen LogP contribution in [0.25, 0.3) is 0 Å². The standard InChI is InChI=1S/C22H26N4O3/c27-22(25-15-13-23(14-16-25)19-7-3-1-4-8-19)18-9-10-20(21(17-18)26(28)29)24-11-5-2-6-12-24/h1,3-4,7-10,17H,2,5-6,11-16H2. The van der Waals surface area contributed by atoms with Gasteiger partial charge in [-0.3, -0.25) is 14.9 Å². The van der Waals surface area contributed by atoms with Crippen molar-refractivity contribution in [3.05, 3.63) is 64.2 Å². The van der Waals surface area contributed by atoms with Crippen molar-refractivity contribution in [2.75, 3.05) is 49.1 Å². The lowest BCUT2D eigenvalue weighted by molar-refractivity contribution is -0.384. The van der Waals surface area contributed by atoms with Crippen molar-refractivity contribution in [2.24, 2.45) is 0 Å². The van der Waals surface area contributed by atoms with E-state index in [1.54, 1.807) is 17.0 Å². The average Bonchev–Trinajstić information content (AvgIpc) is 2.79. The molecular formula is C22H26N4O3. The third-order valence-corrected chi connectivity index (χ3v) is 5.80. The van der Waals surface area contributed by atoms with Gasteiger partial charge in [-0.1, -0.05) is 18.2 Å². The molecule has 0 aliphatic carbocycles. The molecule has 29 heavy (non-hydrogen) atoms. The van der Waals surface area contributed by atoms with E-state index >= 15 is 0 Å². The van der Waals surface area contributed by atoms with Crippen molar-refractivity contribution >= 4 is 23.0 Å². The second-order valence-electron chi connectivity index (χ2n) is 7.62. The van der Waals surface area contributed by atoms with E-state index in [0.717, 1.165) is 51.1 Å². The zero-order valence-electron chi connectivity index (χ0n) is 16.5. The van der Waals surface area contributed by atoms with E-state index in [-0.39, 0.29) is 16.5 Å². The molecule has 0 N–H and O–H groups in total. The summed E-state index contributed by atoms with van der Waals surface area (Å²) in [6.07, 6.45) is 3.25. The van der Waals surface area contributed by atoms with Gasteiger partial charge >= 0.3 is 0 Å². The number of para-hydroxylation sites is 1. The van der Waals surface area contributed by atoms with Gasteiger partial charge in [-0.2, -0.15) is 0 Å². The van der Waals surface area contributed by atoms with Crippen molar-refractivity contribution in [1.29, 1.82) is 0 Å². The molecule has 0 saturated carbocycles. The van der Waals surface area contributed by atoms with Crippen LogP contribution in [0.2, 0.25) is 0 Å². The minimum absolute atomic E-state index is 0.0284. The molecule has 2 aromatic rings. The lowest BCUT2D eigenvalue weighted by Gasteiger charge is -2.36. The van der Waals surface area contributed by atoms with Crippen molar-refractivity contribution in [2.45, 2.75) is 19.3 Å². The molecule has 2 heterocycles. The maximum Gasteiger partial charge on any atom is 0.293 e. The Morgan fingerprint density at radius 1 is 0.828 bits per heavy atom. The molecule has 7 nitrogen and oxygen atoms in total. The number of benzene rings is 2. The lowest BCUT2D eigenvalue weighted by atomic mass is 10.1. The Kier molecular flexibility index (Phi) is 5.64. The van der Waals surface area contributed by atoms with Gasteiger partial charge in [0.25, 0.3) is 11.6 Å². The van der Waals surface area contributed by atoms with Crippen LogP contribution in [-0.2, 0) is 0 Å². The molecule has 2 aliphatic heterocycles. The van der Waals surface area contributed by atoms with E-state index in [1.807, 2.05) is 18.2 Å². The van der Waals surface area contributed by atoms with Crippen molar-refractivity contribution in [3.63, 3.8) is 0 Å². The summed E-state index contributed by atoms with van der Waals surface area (Å²) >= 11 is 0. The van der Waals surface area contributed by atoms with Crippen LogP contribution in [0.1, 0.15) is 29.6 Å². The molecule has 0 unspecified atom stereocenters. The Hall–Kier alpha value is -3.09. The highest BCUT2D eigenvalue weighted by Gasteiger charge is 2.26. The number of piperidine rings is 1. The van der Waals surface area contributed by atoms with Crippen LogP contribution in [0.15, 0.2) is 48.5 Å². The molecule has 0 aromatic heterocycles. The zero-order chi connectivity index (χ0) is 20.2. The number of amides is 1. The highest BCUT2D eigenvalue weighted by atomic mass is 16.6. The van der Waals surface area contributed by atoms with Crippen molar-refractivity contribution in [3.8, 4) is 0 Å². The summed E-state index contributed by atoms with van der Waals surface area (Å²) in [5, 5.41) is 11.7. The van der Waals surface area contributed by atoms with Crippen LogP contribution >= 0.6 is 0 Å². The van der Waals surface area contributed by atoms with Crippen LogP contribution in [0.5, 0.6) is 0 Å². The topological polar surface area (TPSA) is 69.9 Å². The number of hydrogen-bond donors (Lipinski definition) is 0. The number of rotatable bonds is 4. The predicted octanol–water partition coefficient (Wildman–Crippen LogP) is 3.55. The second-order valence-corrected chi connectivity index (χ2v) is 7.62. The monoisotopic (exact) mass is 394 g/mol. The highest BCUT2D eigenvalue weighted by Crippen LogP contribution is 2.32. The smallest absolute Gasteiger partial charge is 0.293 e. The lowest BCUT2D eigenvalue weighted by Crippen LogP contribution is -2.48. The molecule has 0 spiro atoms. The first kappa shape index (κ1) is 19.2. The van der Waals surface area contributed by atoms with Crippen molar-refractivity contribution in [1.82, 2.24) is 4.90 Å². The van der Waals surface area contributed by atoms with Gasteiger partial charge in [0, 0.05) is 56.6 Å². The Bertz CT molecular complexity index is 873. The fourth-order valence-electron chi connectivity index (χ4n) is 4.19. The van der Waals surface area contributed by atoms with Gasteiger partial charge in [-0.05, 0) is 43.5 Å². The van der Waals surface area contributed by atoms with Crippen LogP contribution in [0.3, 0.4) is 0 Å². The molecule has 0 atom stereocenters. The number of carbonyl (C=O) groups is 1. The molecule has 4 rings (SSSR count). The van der Waals surface area contributed by atoms with E-state index < -0.39 is 0 Å². The summed E-state index contributed by atoms with van der Waals surface area (Å²) in [4.78, 5) is 30.4. The van der Waals surface area contributed by atoms with E-state index in [4.69, 9.17) is 0 Å². The van der Waals surface area contributed by atoms with E-state index in [2.05, 4.69) is 21.9 Å². The van der Waals surface area contributed by atoms with E-state index in [9.17, 15) is 14.9 Å². The Labute approximate surface area is 170 Å². The average molecular weight is 394 g/mol. The van der Waals surface area contributed by atoms with E-state index in [0.29, 0.717) is 24.3 Å². The molecule has 2 aliphatic rings. The Morgan fingerprint density at radius 2 is 1.52 bits per heavy atom. The summed E-state index contributed by atoms with van der Waals surface area (Å²) < 4.78 is 0. The summed E-state index contributed by atoms with van der Waals surface area (Å²) in [6, 6.07) is 15.1. The molecular weight excluding hydrogens is 368 g/mol. The summed E-state index contributed by atoms with van der Waals surface area (Å²) in [6.45, 7) is 4.38. The summed E-state index contributed by atoms with van der Waals surface area (Å²) in [7, 11) is 0. The summed E-state index contributed by atoms with van der Waals surface area (Å²) in [5.74, 6) is -0.133. The first-order valence-corrected chi connectivity index (χ1v) is 10.3. The van der Waals surface area contributed by atoms with Gasteiger partial charge in [0.1, 0.15) is 5.69 Å². The maximum atomic E-state index is 13.0. The molecule has 2 saturated heterocycles. The molecule has 2 fully saturated rings. The fraction of sp³-hybridized carbons (Fsp3) is 0.409. The van der Waals surface area contributed by atoms with Crippen LogP contribution in [0.4, 0.5) is 17.1 Å². The number of nitrogens with zero attached hydrogens (tertiary/aromatic N) is 4. The maximum absolute atomic E-state index is 13.0. The van der Waals surface area contributed by atoms with Crippen LogP contribution in [-0.4, -0.2) is 55.0 Å². The number of anilines is 2. The number of piperazine rings is 1. The molecule has 2 aromatic carbocycles. The second kappa shape index (κ2) is 8.51. The molecule has 7 heteroatoms. The Morgan fingerprint density at radius 3 is 2.17 bits per heavy atom. The third-order valence-electron chi connectivity index (χ3n) is 5.80. The summed E-state index contributed by atoms with van der Waals surface area (Å²) in [5.41, 5.74) is 2.20. The van der Waals surface area contributed by atoms with Gasteiger partial charge in [0.2, 0.25) is 0 Å². The SMILES string of the molecule is O=C(c1ccc(N2CCCCC2)c([N+](=O)[O-])c1)N1CCN(c2ccccc2)CC1. The molecule has 0 bridgehead atoms. The van der Waals surface area contributed by atoms with Crippen molar-refractivity contribution < 1.29 is 9.72 Å². The minimum atomic E-state index is -0.367. The van der Waals surface area contributed by atoms with Gasteiger partial charge in [-0.15, -0.1) is 0 Å². The minimum Gasteiger partial charge on any atom is -0.368 e. The fourth-order valence-corrected chi connectivity index (χ4v) is 4.19. The quantitative estimate of drug-likeness (QED) is 0.586. The largest absolute Gasteiger partial charge is 0.368 e. The number of nitro benzene ring substituents is 1. The number of hydrogen-bond acceptors (Lipinski definition) is 5. The normalized spacial score (nSPS) is 17.3. The van der Waals surface area contributed by atoms with Gasteiger partial charge in [0.15, 0.2) is 0 Å². The predicted molar refractivity (Wildman–Crippen MR) is 114 cm³/mol. The number of nitro groups is 1.